The van der Waals surface area contributed by atoms with Crippen molar-refractivity contribution < 1.29 is 9.13 Å². The molecule has 8 heteroatoms. The van der Waals surface area contributed by atoms with Crippen LogP contribution >= 0.6 is 0 Å². The van der Waals surface area contributed by atoms with Crippen LogP contribution < -0.4 is 26.2 Å². The molecular formula is C19H25FN4O3. The average molecular weight is 376 g/mol. The van der Waals surface area contributed by atoms with Gasteiger partial charge in [-0.1, -0.05) is 0 Å². The van der Waals surface area contributed by atoms with Crippen LogP contribution in [-0.2, 0) is 0 Å². The van der Waals surface area contributed by atoms with E-state index in [-0.39, 0.29) is 17.2 Å². The molecule has 27 heavy (non-hydrogen) atoms. The average Bonchev–Trinajstić information content (AvgIpc) is 3.36. The maximum atomic E-state index is 15.1. The van der Waals surface area contributed by atoms with Crippen molar-refractivity contribution in [3.63, 3.8) is 0 Å². The van der Waals surface area contributed by atoms with Gasteiger partial charge in [0.15, 0.2) is 11.6 Å². The van der Waals surface area contributed by atoms with Gasteiger partial charge in [0.2, 0.25) is 0 Å². The van der Waals surface area contributed by atoms with E-state index in [1.54, 1.807) is 4.57 Å². The zero-order chi connectivity index (χ0) is 19.3. The largest absolute Gasteiger partial charge is 0.492 e. The van der Waals surface area contributed by atoms with Gasteiger partial charge in [0.25, 0.3) is 5.56 Å². The zero-order valence-corrected chi connectivity index (χ0v) is 15.8. The normalized spacial score (nSPS) is 21.0. The first-order valence-corrected chi connectivity index (χ1v) is 9.43. The molecule has 146 valence electrons. The minimum absolute atomic E-state index is 0.0275. The van der Waals surface area contributed by atoms with Crippen LogP contribution in [0.3, 0.4) is 0 Å². The molecule has 2 heterocycles. The maximum absolute atomic E-state index is 15.1. The number of benzene rings is 1. The molecule has 0 radical (unpaired) electrons. The summed E-state index contributed by atoms with van der Waals surface area (Å²) in [5.74, 6) is 0.168. The van der Waals surface area contributed by atoms with Crippen LogP contribution in [0.5, 0.6) is 5.75 Å². The molecule has 2 aliphatic rings. The lowest BCUT2D eigenvalue weighted by Gasteiger charge is -2.25. The first-order valence-electron chi connectivity index (χ1n) is 9.43. The molecule has 2 N–H and O–H groups in total. The smallest absolute Gasteiger partial charge is 0.329 e. The van der Waals surface area contributed by atoms with Crippen LogP contribution in [0.1, 0.15) is 32.2 Å². The Labute approximate surface area is 156 Å². The fraction of sp³-hybridized carbons (Fsp3) is 0.579. The molecule has 0 unspecified atom stereocenters. The Hall–Kier alpha value is -2.35. The third-order valence-electron chi connectivity index (χ3n) is 5.93. The van der Waals surface area contributed by atoms with Crippen molar-refractivity contribution in [2.24, 2.45) is 5.92 Å². The highest BCUT2D eigenvalue weighted by atomic mass is 19.1. The molecular weight excluding hydrogens is 351 g/mol. The maximum Gasteiger partial charge on any atom is 0.329 e. The van der Waals surface area contributed by atoms with E-state index < -0.39 is 17.1 Å². The fourth-order valence-electron chi connectivity index (χ4n) is 4.15. The van der Waals surface area contributed by atoms with E-state index in [0.29, 0.717) is 36.3 Å². The monoisotopic (exact) mass is 376 g/mol. The van der Waals surface area contributed by atoms with E-state index in [1.807, 2.05) is 11.9 Å². The van der Waals surface area contributed by atoms with E-state index in [1.165, 1.54) is 13.2 Å². The molecule has 7 nitrogen and oxygen atoms in total. The summed E-state index contributed by atoms with van der Waals surface area (Å²) in [6, 6.07) is 1.58. The van der Waals surface area contributed by atoms with Gasteiger partial charge in [-0.05, 0) is 45.2 Å². The second-order valence-electron chi connectivity index (χ2n) is 7.57. The molecule has 1 aromatic heterocycles. The lowest BCUT2D eigenvalue weighted by molar-refractivity contribution is 0.411. The molecule has 4 rings (SSSR count). The van der Waals surface area contributed by atoms with Gasteiger partial charge in [0.05, 0.1) is 12.5 Å². The Morgan fingerprint density at radius 3 is 2.70 bits per heavy atom. The van der Waals surface area contributed by atoms with Crippen molar-refractivity contribution in [3.8, 4) is 5.75 Å². The van der Waals surface area contributed by atoms with Crippen molar-refractivity contribution in [2.45, 2.75) is 38.3 Å². The van der Waals surface area contributed by atoms with E-state index in [4.69, 9.17) is 4.74 Å². The van der Waals surface area contributed by atoms with Gasteiger partial charge < -0.3 is 15.0 Å². The first-order chi connectivity index (χ1) is 13.0. The number of rotatable bonds is 5. The van der Waals surface area contributed by atoms with Crippen LogP contribution in [0.15, 0.2) is 15.7 Å². The molecule has 1 aliphatic heterocycles. The van der Waals surface area contributed by atoms with Crippen molar-refractivity contribution in [3.05, 3.63) is 32.7 Å². The molecule has 1 aromatic carbocycles. The summed E-state index contributed by atoms with van der Waals surface area (Å²) < 4.78 is 22.2. The highest BCUT2D eigenvalue weighted by Crippen LogP contribution is 2.43. The Kier molecular flexibility index (Phi) is 4.46. The minimum Gasteiger partial charge on any atom is -0.492 e. The molecule has 0 spiro atoms. The minimum atomic E-state index is -0.584. The number of aromatic amines is 1. The summed E-state index contributed by atoms with van der Waals surface area (Å²) in [6.07, 6.45) is 2.66. The predicted octanol–water partition coefficient (Wildman–Crippen LogP) is 1.61. The first kappa shape index (κ1) is 18.0. The van der Waals surface area contributed by atoms with Gasteiger partial charge in [0, 0.05) is 25.2 Å². The van der Waals surface area contributed by atoms with E-state index in [2.05, 4.69) is 17.2 Å². The number of nitrogens with one attached hydrogen (secondary N) is 2. The molecule has 1 saturated heterocycles. The van der Waals surface area contributed by atoms with Crippen molar-refractivity contribution in [2.75, 3.05) is 32.1 Å². The Morgan fingerprint density at radius 1 is 1.33 bits per heavy atom. The number of methoxy groups -OCH3 is 1. The van der Waals surface area contributed by atoms with E-state index >= 15 is 4.39 Å². The van der Waals surface area contributed by atoms with Gasteiger partial charge in [0.1, 0.15) is 11.2 Å². The van der Waals surface area contributed by atoms with Crippen molar-refractivity contribution in [1.82, 2.24) is 14.9 Å². The SMILES string of the molecule is CN[C@H](C)[C@H]1CCN(c2c(F)cc3c(=O)[nH]c(=O)n(C4CC4)c3c2OC)C1. The highest BCUT2D eigenvalue weighted by Gasteiger charge is 2.34. The molecule has 1 saturated carbocycles. The Bertz CT molecular complexity index is 995. The summed E-state index contributed by atoms with van der Waals surface area (Å²) in [4.78, 5) is 29.0. The molecule has 1 aliphatic carbocycles. The third kappa shape index (κ3) is 2.92. The second-order valence-corrected chi connectivity index (χ2v) is 7.57. The summed E-state index contributed by atoms with van der Waals surface area (Å²) in [5, 5.41) is 3.41. The van der Waals surface area contributed by atoms with Crippen LogP contribution in [0.4, 0.5) is 10.1 Å². The molecule has 2 atom stereocenters. The van der Waals surface area contributed by atoms with Gasteiger partial charge >= 0.3 is 5.69 Å². The number of H-pyrrole nitrogens is 1. The number of hydrogen-bond acceptors (Lipinski definition) is 5. The number of hydrogen-bond donors (Lipinski definition) is 2. The summed E-state index contributed by atoms with van der Waals surface area (Å²) >= 11 is 0. The van der Waals surface area contributed by atoms with Crippen molar-refractivity contribution >= 4 is 16.6 Å². The number of nitrogens with zero attached hydrogens (tertiary/aromatic N) is 2. The highest BCUT2D eigenvalue weighted by molar-refractivity contribution is 5.91. The topological polar surface area (TPSA) is 79.4 Å². The lowest BCUT2D eigenvalue weighted by Crippen LogP contribution is -2.33. The van der Waals surface area contributed by atoms with Gasteiger partial charge in [-0.15, -0.1) is 0 Å². The Balaban J connectivity index is 1.92. The molecule has 0 amide bonds. The lowest BCUT2D eigenvalue weighted by atomic mass is 10.0. The third-order valence-corrected chi connectivity index (χ3v) is 5.93. The second kappa shape index (κ2) is 6.67. The summed E-state index contributed by atoms with van der Waals surface area (Å²) in [6.45, 7) is 3.51. The fourth-order valence-corrected chi connectivity index (χ4v) is 4.15. The van der Waals surface area contributed by atoms with Crippen LogP contribution in [0.2, 0.25) is 0 Å². The number of aromatic nitrogens is 2. The van der Waals surface area contributed by atoms with E-state index in [9.17, 15) is 9.59 Å². The summed E-state index contributed by atoms with van der Waals surface area (Å²) in [5.41, 5.74) is -0.307. The number of halogens is 1. The number of ether oxygens (including phenoxy) is 1. The number of fused-ring (bicyclic) bond motifs is 1. The van der Waals surface area contributed by atoms with Crippen LogP contribution in [0.25, 0.3) is 10.9 Å². The molecule has 2 aromatic rings. The van der Waals surface area contributed by atoms with Crippen molar-refractivity contribution in [1.29, 1.82) is 0 Å². The van der Waals surface area contributed by atoms with Gasteiger partial charge in [-0.3, -0.25) is 14.3 Å². The quantitative estimate of drug-likeness (QED) is 0.829. The van der Waals surface area contributed by atoms with Gasteiger partial charge in [-0.25, -0.2) is 9.18 Å². The zero-order valence-electron chi connectivity index (χ0n) is 15.8. The standard InChI is InChI=1S/C19H25FN4O3/c1-10(21-2)11-6-7-23(9-11)16-14(20)8-13-15(17(16)27-3)24(12-4-5-12)19(26)22-18(13)25/h8,10-12,21H,4-7,9H2,1-3H3,(H,22,25,26)/t10-,11+/m1/s1. The van der Waals surface area contributed by atoms with E-state index in [0.717, 1.165) is 19.3 Å². The van der Waals surface area contributed by atoms with Crippen LogP contribution in [0, 0.1) is 11.7 Å². The molecule has 0 bridgehead atoms. The predicted molar refractivity (Wildman–Crippen MR) is 102 cm³/mol. The van der Waals surface area contributed by atoms with Gasteiger partial charge in [-0.2, -0.15) is 0 Å². The molecule has 2 fully saturated rings. The Morgan fingerprint density at radius 2 is 2.07 bits per heavy atom. The number of anilines is 1. The summed E-state index contributed by atoms with van der Waals surface area (Å²) in [7, 11) is 3.38. The van der Waals surface area contributed by atoms with Crippen LogP contribution in [-0.4, -0.2) is 42.8 Å².